The fourth-order valence-electron chi connectivity index (χ4n) is 6.82. The van der Waals surface area contributed by atoms with Gasteiger partial charge >= 0.3 is 11.9 Å². The summed E-state index contributed by atoms with van der Waals surface area (Å²) in [5.41, 5.74) is -2.10. The van der Waals surface area contributed by atoms with Crippen molar-refractivity contribution in [2.45, 2.75) is 81.6 Å². The summed E-state index contributed by atoms with van der Waals surface area (Å²) < 4.78 is 23.1. The van der Waals surface area contributed by atoms with E-state index in [2.05, 4.69) is 4.90 Å². The Hall–Kier alpha value is -2.82. The van der Waals surface area contributed by atoms with Gasteiger partial charge in [0.05, 0.1) is 18.1 Å². The van der Waals surface area contributed by atoms with Gasteiger partial charge in [-0.25, -0.2) is 9.59 Å². The summed E-state index contributed by atoms with van der Waals surface area (Å²) >= 11 is 0. The molecule has 1 aliphatic carbocycles. The quantitative estimate of drug-likeness (QED) is 0.428. The first kappa shape index (κ1) is 26.8. The van der Waals surface area contributed by atoms with Crippen molar-refractivity contribution in [3.05, 3.63) is 35.1 Å². The van der Waals surface area contributed by atoms with Crippen LogP contribution in [0.15, 0.2) is 24.0 Å². The lowest BCUT2D eigenvalue weighted by Gasteiger charge is -2.47. The predicted molar refractivity (Wildman–Crippen MR) is 135 cm³/mol. The summed E-state index contributed by atoms with van der Waals surface area (Å²) in [5, 5.41) is 31.5. The molecule has 10 heteroatoms. The number of methoxy groups -OCH3 is 1. The van der Waals surface area contributed by atoms with Gasteiger partial charge in [-0.05, 0) is 80.8 Å². The van der Waals surface area contributed by atoms with Crippen LogP contribution in [0.4, 0.5) is 0 Å². The Labute approximate surface area is 222 Å². The molecule has 1 spiro atoms. The average Bonchev–Trinajstić information content (AvgIpc) is 3.56. The van der Waals surface area contributed by atoms with Crippen molar-refractivity contribution in [3.8, 4) is 11.5 Å². The molecule has 0 aromatic heterocycles. The number of hydrogen-bond donors (Lipinski definition) is 3. The minimum atomic E-state index is -2.68. The number of aliphatic hydroxyl groups is 2. The second-order valence-corrected chi connectivity index (χ2v) is 11.5. The van der Waals surface area contributed by atoms with Crippen molar-refractivity contribution in [2.75, 3.05) is 27.0 Å². The van der Waals surface area contributed by atoms with Gasteiger partial charge in [0.2, 0.25) is 6.79 Å². The van der Waals surface area contributed by atoms with Crippen LogP contribution in [0.2, 0.25) is 0 Å². The third-order valence-electron chi connectivity index (χ3n) is 9.04. The molecule has 208 valence electrons. The Kier molecular flexibility index (Phi) is 6.64. The van der Waals surface area contributed by atoms with E-state index >= 15 is 0 Å². The molecule has 38 heavy (non-hydrogen) atoms. The number of carboxylic acids is 1. The zero-order valence-corrected chi connectivity index (χ0v) is 22.4. The van der Waals surface area contributed by atoms with Crippen molar-refractivity contribution in [1.29, 1.82) is 0 Å². The van der Waals surface area contributed by atoms with E-state index in [9.17, 15) is 24.9 Å². The first-order chi connectivity index (χ1) is 18.0. The van der Waals surface area contributed by atoms with Crippen LogP contribution < -0.4 is 9.47 Å². The number of ether oxygens (including phenoxy) is 4. The van der Waals surface area contributed by atoms with E-state index in [1.807, 2.05) is 39.0 Å². The normalized spacial score (nSPS) is 30.0. The molecule has 10 nitrogen and oxygen atoms in total. The zero-order valence-electron chi connectivity index (χ0n) is 22.4. The van der Waals surface area contributed by atoms with Crippen molar-refractivity contribution in [2.24, 2.45) is 5.92 Å². The molecule has 1 fully saturated rings. The molecule has 0 amide bonds. The number of nitrogens with zero attached hydrogens (tertiary/aromatic N) is 1. The number of hydrogen-bond acceptors (Lipinski definition) is 9. The van der Waals surface area contributed by atoms with Crippen LogP contribution >= 0.6 is 0 Å². The number of aliphatic carboxylic acids is 1. The molecule has 0 radical (unpaired) electrons. The molecule has 1 aromatic rings. The standard InChI is InChI=1S/C28H37NO9/c1-16(2)6-9-28(34,25(32)33)22(30)24(31)38-23-21(35-4)14-27-8-5-10-29(27)11-7-17-12-19-20(37-15-36-19)13-18(17)26(23,27)3/h12-14,16,22-23,30,34H,5-11,15H2,1-4H3,(H,32,33)/t22-,23-,26-,27+,28-/m1/s1. The fourth-order valence-corrected chi connectivity index (χ4v) is 6.82. The van der Waals surface area contributed by atoms with E-state index in [4.69, 9.17) is 18.9 Å². The Morgan fingerprint density at radius 3 is 2.61 bits per heavy atom. The summed E-state index contributed by atoms with van der Waals surface area (Å²) in [4.78, 5) is 27.8. The molecule has 0 bridgehead atoms. The molecule has 3 N–H and O–H groups in total. The van der Waals surface area contributed by atoms with E-state index in [0.29, 0.717) is 23.7 Å². The summed E-state index contributed by atoms with van der Waals surface area (Å²) in [6.45, 7) is 7.52. The third-order valence-corrected chi connectivity index (χ3v) is 9.04. The van der Waals surface area contributed by atoms with Crippen molar-refractivity contribution >= 4 is 11.9 Å². The molecule has 3 heterocycles. The van der Waals surface area contributed by atoms with Crippen LogP contribution in [0.3, 0.4) is 0 Å². The number of carboxylic acid groups (broad SMARTS) is 1. The minimum absolute atomic E-state index is 0.0597. The second-order valence-electron chi connectivity index (χ2n) is 11.5. The molecular weight excluding hydrogens is 494 g/mol. The maximum Gasteiger partial charge on any atom is 0.339 e. The van der Waals surface area contributed by atoms with Crippen LogP contribution in [-0.4, -0.2) is 82.5 Å². The number of fused-ring (bicyclic) bond motifs is 3. The molecule has 3 aliphatic heterocycles. The van der Waals surface area contributed by atoms with Crippen LogP contribution in [0.25, 0.3) is 0 Å². The molecule has 0 unspecified atom stereocenters. The van der Waals surface area contributed by atoms with E-state index in [0.717, 1.165) is 43.5 Å². The number of carbonyl (C=O) groups excluding carboxylic acids is 1. The summed E-state index contributed by atoms with van der Waals surface area (Å²) in [6.07, 6.45) is 1.28. The summed E-state index contributed by atoms with van der Waals surface area (Å²) in [7, 11) is 1.50. The highest BCUT2D eigenvalue weighted by atomic mass is 16.7. The largest absolute Gasteiger partial charge is 0.497 e. The zero-order chi connectivity index (χ0) is 27.5. The lowest BCUT2D eigenvalue weighted by molar-refractivity contribution is -0.192. The van der Waals surface area contributed by atoms with E-state index in [1.54, 1.807) is 0 Å². The van der Waals surface area contributed by atoms with Crippen molar-refractivity contribution in [3.63, 3.8) is 0 Å². The number of rotatable bonds is 8. The van der Waals surface area contributed by atoms with Crippen molar-refractivity contribution in [1.82, 2.24) is 4.90 Å². The predicted octanol–water partition coefficient (Wildman–Crippen LogP) is 2.13. The highest BCUT2D eigenvalue weighted by Gasteiger charge is 2.66. The number of carbonyl (C=O) groups is 2. The van der Waals surface area contributed by atoms with E-state index in [-0.39, 0.29) is 19.1 Å². The van der Waals surface area contributed by atoms with E-state index < -0.39 is 40.7 Å². The minimum Gasteiger partial charge on any atom is -0.497 e. The van der Waals surface area contributed by atoms with Crippen LogP contribution in [0.1, 0.15) is 57.6 Å². The monoisotopic (exact) mass is 531 g/mol. The Bertz CT molecular complexity index is 1170. The van der Waals surface area contributed by atoms with Gasteiger partial charge < -0.3 is 34.3 Å². The van der Waals surface area contributed by atoms with Gasteiger partial charge in [-0.15, -0.1) is 0 Å². The lowest BCUT2D eigenvalue weighted by Crippen LogP contribution is -2.60. The van der Waals surface area contributed by atoms with Gasteiger partial charge in [0, 0.05) is 6.54 Å². The van der Waals surface area contributed by atoms with Gasteiger partial charge in [-0.3, -0.25) is 4.90 Å². The third kappa shape index (κ3) is 3.79. The molecule has 4 aliphatic rings. The summed E-state index contributed by atoms with van der Waals surface area (Å²) in [5.74, 6) is -1.12. The summed E-state index contributed by atoms with van der Waals surface area (Å²) in [6, 6.07) is 3.92. The highest BCUT2D eigenvalue weighted by molar-refractivity contribution is 5.88. The molecule has 5 atom stereocenters. The second kappa shape index (κ2) is 9.43. The maximum atomic E-state index is 13.4. The number of aliphatic hydroxyl groups excluding tert-OH is 1. The highest BCUT2D eigenvalue weighted by Crippen LogP contribution is 2.59. The maximum absolute atomic E-state index is 13.4. The average molecular weight is 532 g/mol. The Morgan fingerprint density at radius 2 is 1.95 bits per heavy atom. The van der Waals surface area contributed by atoms with E-state index in [1.165, 1.54) is 7.11 Å². The molecule has 0 saturated carbocycles. The number of esters is 1. The van der Waals surface area contributed by atoms with Crippen molar-refractivity contribution < 1.29 is 43.9 Å². The lowest BCUT2D eigenvalue weighted by atomic mass is 9.65. The topological polar surface area (TPSA) is 135 Å². The molecular formula is C28H37NO9. The fraction of sp³-hybridized carbons (Fsp3) is 0.643. The van der Waals surface area contributed by atoms with Crippen LogP contribution in [-0.2, 0) is 30.9 Å². The SMILES string of the molecule is COC1=C[C@]23CCCN2CCc2cc4c(cc2[C@]3(C)[C@@H]1OC(=O)[C@@H](O)[C@](O)(CCC(C)C)C(=O)O)OCO4. The van der Waals surface area contributed by atoms with Gasteiger partial charge in [-0.1, -0.05) is 13.8 Å². The number of benzene rings is 1. The van der Waals surface area contributed by atoms with Crippen LogP contribution in [0.5, 0.6) is 11.5 Å². The smallest absolute Gasteiger partial charge is 0.339 e. The molecule has 1 saturated heterocycles. The molecule has 5 rings (SSSR count). The van der Waals surface area contributed by atoms with Gasteiger partial charge in [0.25, 0.3) is 0 Å². The van der Waals surface area contributed by atoms with Gasteiger partial charge in [0.1, 0.15) is 5.76 Å². The Morgan fingerprint density at radius 1 is 1.24 bits per heavy atom. The first-order valence-electron chi connectivity index (χ1n) is 13.3. The first-order valence-corrected chi connectivity index (χ1v) is 13.3. The van der Waals surface area contributed by atoms with Crippen LogP contribution in [0, 0.1) is 5.92 Å². The van der Waals surface area contributed by atoms with Gasteiger partial charge in [-0.2, -0.15) is 0 Å². The van der Waals surface area contributed by atoms with Gasteiger partial charge in [0.15, 0.2) is 29.3 Å². The molecule has 1 aromatic carbocycles. The Balaban J connectivity index is 1.56.